The molecule has 0 spiro atoms. The number of halogens is 3. The summed E-state index contributed by atoms with van der Waals surface area (Å²) >= 11 is 4.75. The minimum Gasteiger partial charge on any atom is -0.598 e. The van der Waals surface area contributed by atoms with Crippen molar-refractivity contribution < 1.29 is 18.1 Å². The highest BCUT2D eigenvalue weighted by Gasteiger charge is 2.29. The average Bonchev–Trinajstić information content (AvgIpc) is 2.34. The van der Waals surface area contributed by atoms with E-state index in [0.717, 1.165) is 6.92 Å². The number of nitrogens with one attached hydrogen (secondary N) is 1. The molecule has 1 N–H and O–H groups in total. The van der Waals surface area contributed by atoms with Crippen LogP contribution in [0, 0.1) is 0 Å². The Morgan fingerprint density at radius 3 is 2.45 bits per heavy atom. The molecule has 0 saturated carbocycles. The Bertz CT molecular complexity index is 507. The van der Waals surface area contributed by atoms with E-state index in [2.05, 4.69) is 9.71 Å². The fourth-order valence-electron chi connectivity index (χ4n) is 1.38. The van der Waals surface area contributed by atoms with Gasteiger partial charge in [0.1, 0.15) is 9.77 Å². The highest BCUT2D eigenvalue weighted by Crippen LogP contribution is 2.27. The lowest BCUT2D eigenvalue weighted by molar-refractivity contribution is -0.0242. The first-order chi connectivity index (χ1) is 9.90. The molecule has 1 heterocycles. The van der Waals surface area contributed by atoms with Crippen molar-refractivity contribution in [2.24, 2.45) is 0 Å². The third-order valence-corrected chi connectivity index (χ3v) is 4.58. The second-order valence-electron chi connectivity index (χ2n) is 6.14. The van der Waals surface area contributed by atoms with Crippen LogP contribution in [0.3, 0.4) is 0 Å². The number of ether oxygens (including phenoxy) is 1. The van der Waals surface area contributed by atoms with E-state index < -0.39 is 28.6 Å². The second-order valence-corrected chi connectivity index (χ2v) is 8.54. The van der Waals surface area contributed by atoms with Crippen molar-refractivity contribution in [3.63, 3.8) is 0 Å². The number of hydrogen-bond donors (Lipinski definition) is 1. The van der Waals surface area contributed by atoms with Crippen LogP contribution in [0.2, 0.25) is 5.02 Å². The number of hydrogen-bond acceptors (Lipinski definition) is 4. The van der Waals surface area contributed by atoms with Gasteiger partial charge in [-0.1, -0.05) is 11.6 Å². The van der Waals surface area contributed by atoms with Gasteiger partial charge in [0.05, 0.1) is 6.04 Å². The molecule has 0 bridgehead atoms. The fraction of sp³-hybridized carbons (Fsp3) is 0.643. The summed E-state index contributed by atoms with van der Waals surface area (Å²) in [5, 5.41) is 0.136. The molecule has 0 aliphatic rings. The van der Waals surface area contributed by atoms with Crippen molar-refractivity contribution >= 4 is 23.0 Å². The summed E-state index contributed by atoms with van der Waals surface area (Å²) in [5.41, 5.74) is 0.693. The zero-order chi connectivity index (χ0) is 17.1. The predicted molar refractivity (Wildman–Crippen MR) is 84.8 cm³/mol. The van der Waals surface area contributed by atoms with Crippen LogP contribution in [0.5, 0.6) is 5.88 Å². The van der Waals surface area contributed by atoms with E-state index in [4.69, 9.17) is 16.3 Å². The van der Waals surface area contributed by atoms with Gasteiger partial charge in [-0.2, -0.15) is 0 Å². The Kier molecular flexibility index (Phi) is 6.44. The highest BCUT2D eigenvalue weighted by molar-refractivity contribution is 7.90. The topological polar surface area (TPSA) is 57.2 Å². The van der Waals surface area contributed by atoms with Gasteiger partial charge >= 0.3 is 0 Å². The van der Waals surface area contributed by atoms with Gasteiger partial charge in [0.2, 0.25) is 5.88 Å². The van der Waals surface area contributed by atoms with Crippen molar-refractivity contribution in [3.05, 3.63) is 22.8 Å². The van der Waals surface area contributed by atoms with Crippen molar-refractivity contribution in [2.45, 2.75) is 51.3 Å². The molecule has 126 valence electrons. The van der Waals surface area contributed by atoms with Gasteiger partial charge in [-0.05, 0) is 39.3 Å². The molecule has 1 rings (SSSR count). The van der Waals surface area contributed by atoms with Crippen molar-refractivity contribution in [2.75, 3.05) is 6.61 Å². The largest absolute Gasteiger partial charge is 0.598 e. The molecule has 4 nitrogen and oxygen atoms in total. The molecule has 0 aromatic carbocycles. The number of rotatable bonds is 6. The third-order valence-electron chi connectivity index (χ3n) is 2.63. The zero-order valence-electron chi connectivity index (χ0n) is 13.2. The minimum atomic E-state index is -2.96. The summed E-state index contributed by atoms with van der Waals surface area (Å²) in [7, 11) is 0. The van der Waals surface area contributed by atoms with Gasteiger partial charge in [-0.3, -0.25) is 0 Å². The van der Waals surface area contributed by atoms with E-state index >= 15 is 0 Å². The quantitative estimate of drug-likeness (QED) is 0.787. The summed E-state index contributed by atoms with van der Waals surface area (Å²) in [5.74, 6) is -3.00. The standard InChI is InChI=1S/C14H21ClF2N2O2S/c1-9(19-22(20)13(2,3)4)10-6-11(15)12(18-7-10)21-8-14(5,16)17/h6-7,9,19H,8H2,1-5H3/t9-,22?/m1/s1. The van der Waals surface area contributed by atoms with Crippen molar-refractivity contribution in [1.29, 1.82) is 0 Å². The predicted octanol–water partition coefficient (Wildman–Crippen LogP) is 3.88. The molecule has 0 fully saturated rings. The van der Waals surface area contributed by atoms with Gasteiger partial charge in [-0.25, -0.2) is 13.8 Å². The molecule has 8 heteroatoms. The first-order valence-corrected chi connectivity index (χ1v) is 8.27. The molecule has 1 unspecified atom stereocenters. The fourth-order valence-corrected chi connectivity index (χ4v) is 2.42. The number of nitrogens with zero attached hydrogens (tertiary/aromatic N) is 1. The maximum atomic E-state index is 12.8. The van der Waals surface area contributed by atoms with Crippen molar-refractivity contribution in [1.82, 2.24) is 9.71 Å². The first kappa shape index (κ1) is 19.4. The minimum absolute atomic E-state index is 0.0453. The maximum Gasteiger partial charge on any atom is 0.278 e. The first-order valence-electron chi connectivity index (χ1n) is 6.74. The monoisotopic (exact) mass is 354 g/mol. The van der Waals surface area contributed by atoms with Gasteiger partial charge < -0.3 is 9.29 Å². The molecule has 22 heavy (non-hydrogen) atoms. The molecule has 0 aliphatic carbocycles. The summed E-state index contributed by atoms with van der Waals surface area (Å²) < 4.78 is 45.0. The van der Waals surface area contributed by atoms with Crippen LogP contribution in [0.15, 0.2) is 12.3 Å². The molecule has 0 radical (unpaired) electrons. The molecule has 1 aromatic heterocycles. The molecule has 1 aromatic rings. The summed E-state index contributed by atoms with van der Waals surface area (Å²) in [4.78, 5) is 3.95. The van der Waals surface area contributed by atoms with E-state index in [-0.39, 0.29) is 16.9 Å². The Morgan fingerprint density at radius 1 is 1.41 bits per heavy atom. The zero-order valence-corrected chi connectivity index (χ0v) is 14.8. The van der Waals surface area contributed by atoms with E-state index in [0.29, 0.717) is 5.56 Å². The lowest BCUT2D eigenvalue weighted by Crippen LogP contribution is -2.40. The average molecular weight is 355 g/mol. The summed E-state index contributed by atoms with van der Waals surface area (Å²) in [6, 6.07) is 1.31. The third kappa shape index (κ3) is 6.24. The van der Waals surface area contributed by atoms with E-state index in [1.165, 1.54) is 6.20 Å². The van der Waals surface area contributed by atoms with Gasteiger partial charge in [0.25, 0.3) is 5.92 Å². The normalized spacial score (nSPS) is 15.5. The van der Waals surface area contributed by atoms with E-state index in [1.807, 2.05) is 27.7 Å². The van der Waals surface area contributed by atoms with Gasteiger partial charge in [-0.15, -0.1) is 4.72 Å². The van der Waals surface area contributed by atoms with Gasteiger partial charge in [0.15, 0.2) is 6.61 Å². The molecular weight excluding hydrogens is 334 g/mol. The number of pyridine rings is 1. The summed E-state index contributed by atoms with van der Waals surface area (Å²) in [6.07, 6.45) is 1.46. The lowest BCUT2D eigenvalue weighted by Gasteiger charge is -2.26. The highest BCUT2D eigenvalue weighted by atomic mass is 35.5. The lowest BCUT2D eigenvalue weighted by atomic mass is 10.2. The number of aromatic nitrogens is 1. The van der Waals surface area contributed by atoms with Crippen LogP contribution in [0.25, 0.3) is 0 Å². The molecule has 2 atom stereocenters. The maximum absolute atomic E-state index is 12.8. The molecule has 0 amide bonds. The Morgan fingerprint density at radius 2 is 2.00 bits per heavy atom. The molecule has 0 saturated heterocycles. The van der Waals surface area contributed by atoms with Crippen LogP contribution in [0.4, 0.5) is 8.78 Å². The Hall–Kier alpha value is -0.630. The SMILES string of the molecule is C[C@@H](N[S+]([O-])C(C)(C)C)c1cnc(OCC(C)(F)F)c(Cl)c1. The smallest absolute Gasteiger partial charge is 0.278 e. The Balaban J connectivity index is 2.76. The van der Waals surface area contributed by atoms with Crippen LogP contribution in [0.1, 0.15) is 46.2 Å². The van der Waals surface area contributed by atoms with Crippen molar-refractivity contribution in [3.8, 4) is 5.88 Å². The van der Waals surface area contributed by atoms with E-state index in [1.54, 1.807) is 6.07 Å². The van der Waals surface area contributed by atoms with Crippen LogP contribution < -0.4 is 9.46 Å². The van der Waals surface area contributed by atoms with Crippen LogP contribution >= 0.6 is 11.6 Å². The second kappa shape index (κ2) is 7.29. The van der Waals surface area contributed by atoms with Crippen LogP contribution in [-0.2, 0) is 11.4 Å². The van der Waals surface area contributed by atoms with E-state index in [9.17, 15) is 13.3 Å². The van der Waals surface area contributed by atoms with Gasteiger partial charge in [0, 0.05) is 24.5 Å². The molecule has 0 aliphatic heterocycles. The summed E-state index contributed by atoms with van der Waals surface area (Å²) in [6.45, 7) is 7.35. The molecular formula is C14H21ClF2N2O2S. The van der Waals surface area contributed by atoms with Crippen LogP contribution in [-0.4, -0.2) is 26.8 Å². The number of alkyl halides is 2. The Labute approximate surface area is 137 Å².